The van der Waals surface area contributed by atoms with Crippen LogP contribution in [0.3, 0.4) is 0 Å². The Morgan fingerprint density at radius 1 is 1.53 bits per heavy atom. The lowest BCUT2D eigenvalue weighted by molar-refractivity contribution is -0.133. The number of fused-ring (bicyclic) bond motifs is 1. The molecule has 1 aliphatic rings. The zero-order valence-electron chi connectivity index (χ0n) is 8.91. The number of rotatable bonds is 2. The van der Waals surface area contributed by atoms with Crippen LogP contribution in [-0.4, -0.2) is 26.6 Å². The minimum atomic E-state index is -0.202. The highest BCUT2D eigenvalue weighted by Gasteiger charge is 2.21. The van der Waals surface area contributed by atoms with Gasteiger partial charge in [-0.1, -0.05) is 6.07 Å². The Labute approximate surface area is 88.8 Å². The van der Waals surface area contributed by atoms with Gasteiger partial charge in [-0.2, -0.15) is 0 Å². The van der Waals surface area contributed by atoms with Crippen molar-refractivity contribution in [2.75, 3.05) is 25.5 Å². The van der Waals surface area contributed by atoms with Crippen LogP contribution in [0.15, 0.2) is 18.2 Å². The molecule has 0 spiro atoms. The van der Waals surface area contributed by atoms with Crippen LogP contribution in [0.1, 0.15) is 5.56 Å². The molecule has 2 rings (SSSR count). The van der Waals surface area contributed by atoms with Gasteiger partial charge in [-0.25, -0.2) is 4.79 Å². The molecule has 0 saturated heterocycles. The summed E-state index contributed by atoms with van der Waals surface area (Å²) in [4.78, 5) is 13.1. The van der Waals surface area contributed by atoms with Crippen molar-refractivity contribution in [3.05, 3.63) is 23.8 Å². The zero-order chi connectivity index (χ0) is 10.8. The number of nitrogens with one attached hydrogen (secondary N) is 1. The van der Waals surface area contributed by atoms with Crippen LogP contribution in [0.4, 0.5) is 5.69 Å². The van der Waals surface area contributed by atoms with Crippen LogP contribution in [0, 0.1) is 0 Å². The molecule has 0 aliphatic carbocycles. The fourth-order valence-electron chi connectivity index (χ4n) is 1.70. The maximum atomic E-state index is 11.2. The summed E-state index contributed by atoms with van der Waals surface area (Å²) in [5, 5.41) is 3.09. The Morgan fingerprint density at radius 2 is 2.33 bits per heavy atom. The topological polar surface area (TPSA) is 41.6 Å². The normalized spacial score (nSPS) is 14.8. The average Bonchev–Trinajstić information content (AvgIpc) is 2.19. The summed E-state index contributed by atoms with van der Waals surface area (Å²) in [5.74, 6) is 0.444. The molecule has 0 amide bonds. The van der Waals surface area contributed by atoms with Gasteiger partial charge in [0.15, 0.2) is 5.75 Å². The standard InChI is InChI=1S/C11H14N2O2/c1-12-6-8-3-4-10-9(5-8)13(2)7-11(14)15-10/h3-5,12H,6-7H2,1-2H3. The number of hydrogen-bond donors (Lipinski definition) is 1. The number of ether oxygens (including phenoxy) is 1. The lowest BCUT2D eigenvalue weighted by atomic mass is 10.1. The molecule has 1 aromatic carbocycles. The third-order valence-corrected chi connectivity index (χ3v) is 2.41. The summed E-state index contributed by atoms with van der Waals surface area (Å²) in [6, 6.07) is 5.84. The quantitative estimate of drug-likeness (QED) is 0.573. The third kappa shape index (κ3) is 1.94. The second-order valence-corrected chi connectivity index (χ2v) is 3.66. The molecule has 15 heavy (non-hydrogen) atoms. The Bertz CT molecular complexity index is 390. The number of benzene rings is 1. The van der Waals surface area contributed by atoms with Crippen LogP contribution < -0.4 is 15.0 Å². The zero-order valence-corrected chi connectivity index (χ0v) is 8.91. The van der Waals surface area contributed by atoms with Crippen LogP contribution in [0.2, 0.25) is 0 Å². The van der Waals surface area contributed by atoms with E-state index in [2.05, 4.69) is 5.32 Å². The molecule has 4 nitrogen and oxygen atoms in total. The summed E-state index contributed by atoms with van der Waals surface area (Å²) in [5.41, 5.74) is 2.16. The number of hydrogen-bond acceptors (Lipinski definition) is 4. The fraction of sp³-hybridized carbons (Fsp3) is 0.364. The molecule has 4 heteroatoms. The largest absolute Gasteiger partial charge is 0.423 e. The van der Waals surface area contributed by atoms with E-state index >= 15 is 0 Å². The van der Waals surface area contributed by atoms with Gasteiger partial charge in [-0.05, 0) is 24.7 Å². The van der Waals surface area contributed by atoms with Crippen molar-refractivity contribution in [3.8, 4) is 5.75 Å². The number of carbonyl (C=O) groups is 1. The van der Waals surface area contributed by atoms with E-state index in [0.29, 0.717) is 12.3 Å². The van der Waals surface area contributed by atoms with Crippen LogP contribution >= 0.6 is 0 Å². The van der Waals surface area contributed by atoms with Crippen LogP contribution in [0.25, 0.3) is 0 Å². The van der Waals surface area contributed by atoms with Crippen molar-refractivity contribution >= 4 is 11.7 Å². The molecule has 0 radical (unpaired) electrons. The molecular weight excluding hydrogens is 192 g/mol. The van der Waals surface area contributed by atoms with Crippen molar-refractivity contribution in [2.24, 2.45) is 0 Å². The Balaban J connectivity index is 2.34. The van der Waals surface area contributed by atoms with E-state index in [1.807, 2.05) is 37.2 Å². The molecule has 0 atom stereocenters. The first-order valence-corrected chi connectivity index (χ1v) is 4.90. The van der Waals surface area contributed by atoms with Crippen molar-refractivity contribution in [1.29, 1.82) is 0 Å². The van der Waals surface area contributed by atoms with E-state index in [9.17, 15) is 4.79 Å². The first kappa shape index (κ1) is 9.98. The minimum Gasteiger partial charge on any atom is -0.423 e. The van der Waals surface area contributed by atoms with Gasteiger partial charge in [0.25, 0.3) is 0 Å². The highest BCUT2D eigenvalue weighted by molar-refractivity contribution is 5.84. The van der Waals surface area contributed by atoms with Crippen LogP contribution in [0.5, 0.6) is 5.75 Å². The second kappa shape index (κ2) is 3.90. The highest BCUT2D eigenvalue weighted by atomic mass is 16.5. The molecule has 80 valence electrons. The maximum Gasteiger partial charge on any atom is 0.330 e. The van der Waals surface area contributed by atoms with Crippen molar-refractivity contribution in [3.63, 3.8) is 0 Å². The lowest BCUT2D eigenvalue weighted by Crippen LogP contribution is -2.33. The molecule has 1 aliphatic heterocycles. The molecule has 0 bridgehead atoms. The average molecular weight is 206 g/mol. The van der Waals surface area contributed by atoms with Gasteiger partial charge in [-0.3, -0.25) is 0 Å². The van der Waals surface area contributed by atoms with E-state index in [1.165, 1.54) is 5.56 Å². The van der Waals surface area contributed by atoms with Gasteiger partial charge >= 0.3 is 5.97 Å². The van der Waals surface area contributed by atoms with E-state index < -0.39 is 0 Å². The first-order valence-electron chi connectivity index (χ1n) is 4.90. The molecule has 1 heterocycles. The molecule has 1 aromatic rings. The number of likely N-dealkylation sites (N-methyl/N-ethyl adjacent to an activating group) is 1. The SMILES string of the molecule is CNCc1ccc2c(c1)N(C)CC(=O)O2. The molecule has 0 fully saturated rings. The summed E-state index contributed by atoms with van der Waals surface area (Å²) in [6.07, 6.45) is 0. The summed E-state index contributed by atoms with van der Waals surface area (Å²) in [7, 11) is 3.80. The molecule has 0 unspecified atom stereocenters. The van der Waals surface area contributed by atoms with E-state index in [-0.39, 0.29) is 5.97 Å². The number of nitrogens with zero attached hydrogens (tertiary/aromatic N) is 1. The van der Waals surface area contributed by atoms with E-state index in [4.69, 9.17) is 4.74 Å². The smallest absolute Gasteiger partial charge is 0.330 e. The molecule has 1 N–H and O–H groups in total. The predicted molar refractivity (Wildman–Crippen MR) is 58.1 cm³/mol. The second-order valence-electron chi connectivity index (χ2n) is 3.66. The van der Waals surface area contributed by atoms with Gasteiger partial charge in [0, 0.05) is 13.6 Å². The number of carbonyl (C=O) groups excluding carboxylic acids is 1. The minimum absolute atomic E-state index is 0.202. The van der Waals surface area contributed by atoms with Crippen LogP contribution in [-0.2, 0) is 11.3 Å². The monoisotopic (exact) mass is 206 g/mol. The molecule has 0 saturated carbocycles. The Morgan fingerprint density at radius 3 is 3.07 bits per heavy atom. The van der Waals surface area contributed by atoms with E-state index in [1.54, 1.807) is 0 Å². The van der Waals surface area contributed by atoms with Gasteiger partial charge < -0.3 is 15.0 Å². The summed E-state index contributed by atoms with van der Waals surface area (Å²) in [6.45, 7) is 1.13. The van der Waals surface area contributed by atoms with E-state index in [0.717, 1.165) is 12.2 Å². The highest BCUT2D eigenvalue weighted by Crippen LogP contribution is 2.31. The summed E-state index contributed by atoms with van der Waals surface area (Å²) >= 11 is 0. The van der Waals surface area contributed by atoms with Crippen molar-refractivity contribution < 1.29 is 9.53 Å². The predicted octanol–water partition coefficient (Wildman–Crippen LogP) is 0.761. The number of anilines is 1. The lowest BCUT2D eigenvalue weighted by Gasteiger charge is -2.26. The van der Waals surface area contributed by atoms with Crippen molar-refractivity contribution in [1.82, 2.24) is 5.32 Å². The van der Waals surface area contributed by atoms with Gasteiger partial charge in [-0.15, -0.1) is 0 Å². The Kier molecular flexibility index (Phi) is 2.60. The summed E-state index contributed by atoms with van der Waals surface area (Å²) < 4.78 is 5.13. The maximum absolute atomic E-state index is 11.2. The fourth-order valence-corrected chi connectivity index (χ4v) is 1.70. The van der Waals surface area contributed by atoms with Gasteiger partial charge in [0.2, 0.25) is 0 Å². The molecule has 0 aromatic heterocycles. The Hall–Kier alpha value is -1.55. The molecular formula is C11H14N2O2. The number of esters is 1. The first-order chi connectivity index (χ1) is 7.20. The van der Waals surface area contributed by atoms with Gasteiger partial charge in [0.05, 0.1) is 5.69 Å². The third-order valence-electron chi connectivity index (χ3n) is 2.41. The van der Waals surface area contributed by atoms with Crippen molar-refractivity contribution in [2.45, 2.75) is 6.54 Å². The van der Waals surface area contributed by atoms with Gasteiger partial charge in [0.1, 0.15) is 6.54 Å².